The van der Waals surface area contributed by atoms with Crippen LogP contribution in [0, 0.1) is 5.41 Å². The Morgan fingerprint density at radius 3 is 2.56 bits per heavy atom. The molecular formula is C12H14N2O4. The number of benzene rings is 1. The topological polar surface area (TPSA) is 113 Å². The third-order valence-electron chi connectivity index (χ3n) is 3.21. The predicted octanol–water partition coefficient (Wildman–Crippen LogP) is 0.768. The van der Waals surface area contributed by atoms with E-state index in [1.165, 1.54) is 18.2 Å². The largest absolute Gasteiger partial charge is 0.507 e. The minimum atomic E-state index is -1.25. The molecule has 0 spiro atoms. The third-order valence-corrected chi connectivity index (χ3v) is 3.21. The second-order valence-corrected chi connectivity index (χ2v) is 4.48. The number of nitrogens with two attached hydrogens (primary N) is 1. The third kappa shape index (κ3) is 2.14. The van der Waals surface area contributed by atoms with Gasteiger partial charge in [0.1, 0.15) is 11.3 Å². The van der Waals surface area contributed by atoms with E-state index in [0.29, 0.717) is 5.69 Å². The minimum Gasteiger partial charge on any atom is -0.507 e. The molecular weight excluding hydrogens is 236 g/mol. The lowest BCUT2D eigenvalue weighted by Gasteiger charge is -2.13. The molecule has 0 aliphatic heterocycles. The van der Waals surface area contributed by atoms with E-state index in [4.69, 9.17) is 10.8 Å². The van der Waals surface area contributed by atoms with E-state index in [9.17, 15) is 14.7 Å². The standard InChI is InChI=1S/C12H14N2O4/c13-6-12(3-4-12)11(18)14-7-1-2-9(15)8(5-7)10(16)17/h1-2,5,15H,3-4,6,13H2,(H,14,18)(H,16,17). The van der Waals surface area contributed by atoms with Gasteiger partial charge < -0.3 is 21.3 Å². The van der Waals surface area contributed by atoms with Crippen molar-refractivity contribution in [3.05, 3.63) is 23.8 Å². The lowest BCUT2D eigenvalue weighted by atomic mass is 10.1. The molecule has 1 fully saturated rings. The van der Waals surface area contributed by atoms with Gasteiger partial charge >= 0.3 is 5.97 Å². The van der Waals surface area contributed by atoms with Gasteiger partial charge in [-0.05, 0) is 31.0 Å². The quantitative estimate of drug-likeness (QED) is 0.589. The molecule has 6 heteroatoms. The molecule has 0 radical (unpaired) electrons. The number of amides is 1. The second kappa shape index (κ2) is 4.30. The maximum atomic E-state index is 11.9. The van der Waals surface area contributed by atoms with Crippen LogP contribution in [0.15, 0.2) is 18.2 Å². The first-order chi connectivity index (χ1) is 8.48. The summed E-state index contributed by atoms with van der Waals surface area (Å²) >= 11 is 0. The van der Waals surface area contributed by atoms with Crippen molar-refractivity contribution >= 4 is 17.6 Å². The van der Waals surface area contributed by atoms with Crippen LogP contribution in [-0.2, 0) is 4.79 Å². The number of hydrogen-bond donors (Lipinski definition) is 4. The van der Waals surface area contributed by atoms with Crippen molar-refractivity contribution in [2.24, 2.45) is 11.1 Å². The van der Waals surface area contributed by atoms with Crippen LogP contribution in [0.4, 0.5) is 5.69 Å². The number of hydrogen-bond acceptors (Lipinski definition) is 4. The van der Waals surface area contributed by atoms with Crippen LogP contribution >= 0.6 is 0 Å². The summed E-state index contributed by atoms with van der Waals surface area (Å²) in [6, 6.07) is 3.91. The highest BCUT2D eigenvalue weighted by molar-refractivity contribution is 5.99. The van der Waals surface area contributed by atoms with Crippen molar-refractivity contribution in [3.63, 3.8) is 0 Å². The number of aromatic carboxylic acids is 1. The average molecular weight is 250 g/mol. The van der Waals surface area contributed by atoms with Crippen LogP contribution < -0.4 is 11.1 Å². The highest BCUT2D eigenvalue weighted by atomic mass is 16.4. The van der Waals surface area contributed by atoms with Crippen molar-refractivity contribution in [2.75, 3.05) is 11.9 Å². The fourth-order valence-corrected chi connectivity index (χ4v) is 1.72. The molecule has 0 saturated heterocycles. The zero-order valence-corrected chi connectivity index (χ0v) is 9.64. The van der Waals surface area contributed by atoms with E-state index in [1.54, 1.807) is 0 Å². The van der Waals surface area contributed by atoms with Gasteiger partial charge in [-0.3, -0.25) is 4.79 Å². The summed E-state index contributed by atoms with van der Waals surface area (Å²) in [6.45, 7) is 0.280. The fourth-order valence-electron chi connectivity index (χ4n) is 1.72. The lowest BCUT2D eigenvalue weighted by Crippen LogP contribution is -2.30. The molecule has 0 atom stereocenters. The molecule has 1 saturated carbocycles. The SMILES string of the molecule is NCC1(C(=O)Nc2ccc(O)c(C(=O)O)c2)CC1. The van der Waals surface area contributed by atoms with Gasteiger partial charge in [-0.25, -0.2) is 4.79 Å². The Morgan fingerprint density at radius 2 is 2.06 bits per heavy atom. The van der Waals surface area contributed by atoms with E-state index >= 15 is 0 Å². The van der Waals surface area contributed by atoms with Gasteiger partial charge in [0.05, 0.1) is 5.41 Å². The van der Waals surface area contributed by atoms with Gasteiger partial charge in [-0.15, -0.1) is 0 Å². The Labute approximate surface area is 103 Å². The first-order valence-corrected chi connectivity index (χ1v) is 5.56. The normalized spacial score (nSPS) is 16.1. The van der Waals surface area contributed by atoms with Crippen molar-refractivity contribution in [3.8, 4) is 5.75 Å². The molecule has 0 aromatic heterocycles. The van der Waals surface area contributed by atoms with Gasteiger partial charge in [-0.1, -0.05) is 0 Å². The molecule has 0 unspecified atom stereocenters. The lowest BCUT2D eigenvalue weighted by molar-refractivity contribution is -0.120. The Kier molecular flexibility index (Phi) is 2.96. The van der Waals surface area contributed by atoms with Gasteiger partial charge in [0.25, 0.3) is 0 Å². The maximum absolute atomic E-state index is 11.9. The Balaban J connectivity index is 2.17. The van der Waals surface area contributed by atoms with Gasteiger partial charge in [0, 0.05) is 12.2 Å². The highest BCUT2D eigenvalue weighted by Crippen LogP contribution is 2.45. The monoisotopic (exact) mass is 250 g/mol. The predicted molar refractivity (Wildman–Crippen MR) is 64.4 cm³/mol. The molecule has 2 rings (SSSR count). The Morgan fingerprint density at radius 1 is 1.39 bits per heavy atom. The fraction of sp³-hybridized carbons (Fsp3) is 0.333. The van der Waals surface area contributed by atoms with Crippen LogP contribution in [0.25, 0.3) is 0 Å². The van der Waals surface area contributed by atoms with E-state index < -0.39 is 11.4 Å². The number of carboxylic acids is 1. The van der Waals surface area contributed by atoms with Crippen LogP contribution in [0.5, 0.6) is 5.75 Å². The zero-order valence-electron chi connectivity index (χ0n) is 9.64. The number of carboxylic acid groups (broad SMARTS) is 1. The van der Waals surface area contributed by atoms with Crippen LogP contribution in [0.3, 0.4) is 0 Å². The van der Waals surface area contributed by atoms with Crippen molar-refractivity contribution in [1.82, 2.24) is 0 Å². The van der Waals surface area contributed by atoms with Crippen molar-refractivity contribution in [1.29, 1.82) is 0 Å². The highest BCUT2D eigenvalue weighted by Gasteiger charge is 2.48. The van der Waals surface area contributed by atoms with Crippen LogP contribution in [0.1, 0.15) is 23.2 Å². The summed E-state index contributed by atoms with van der Waals surface area (Å²) in [6.07, 6.45) is 1.50. The maximum Gasteiger partial charge on any atom is 0.339 e. The number of nitrogens with one attached hydrogen (secondary N) is 1. The first-order valence-electron chi connectivity index (χ1n) is 5.56. The number of rotatable bonds is 4. The molecule has 1 amide bonds. The summed E-state index contributed by atoms with van der Waals surface area (Å²) in [5, 5.41) is 20.8. The number of anilines is 1. The summed E-state index contributed by atoms with van der Waals surface area (Å²) in [5.41, 5.74) is 5.13. The van der Waals surface area contributed by atoms with E-state index in [-0.39, 0.29) is 23.8 Å². The molecule has 0 bridgehead atoms. The zero-order chi connectivity index (χ0) is 13.3. The smallest absolute Gasteiger partial charge is 0.339 e. The number of carbonyl (C=O) groups is 2. The molecule has 1 aliphatic carbocycles. The van der Waals surface area contributed by atoms with Crippen LogP contribution in [0.2, 0.25) is 0 Å². The number of aromatic hydroxyl groups is 1. The number of phenols is 1. The van der Waals surface area contributed by atoms with Crippen molar-refractivity contribution < 1.29 is 19.8 Å². The molecule has 18 heavy (non-hydrogen) atoms. The molecule has 6 nitrogen and oxygen atoms in total. The molecule has 5 N–H and O–H groups in total. The van der Waals surface area contributed by atoms with Crippen molar-refractivity contribution in [2.45, 2.75) is 12.8 Å². The second-order valence-electron chi connectivity index (χ2n) is 4.48. The average Bonchev–Trinajstić information content (AvgIpc) is 3.12. The van der Waals surface area contributed by atoms with Crippen LogP contribution in [-0.4, -0.2) is 28.6 Å². The van der Waals surface area contributed by atoms with E-state index in [1.807, 2.05) is 0 Å². The summed E-state index contributed by atoms with van der Waals surface area (Å²) in [7, 11) is 0. The molecule has 0 heterocycles. The molecule has 96 valence electrons. The molecule has 1 aromatic carbocycles. The van der Waals surface area contributed by atoms with Gasteiger partial charge in [0.2, 0.25) is 5.91 Å². The van der Waals surface area contributed by atoms with Gasteiger partial charge in [-0.2, -0.15) is 0 Å². The van der Waals surface area contributed by atoms with E-state index in [0.717, 1.165) is 12.8 Å². The Hall–Kier alpha value is -2.08. The summed E-state index contributed by atoms with van der Waals surface area (Å²) < 4.78 is 0. The molecule has 1 aromatic rings. The van der Waals surface area contributed by atoms with Gasteiger partial charge in [0.15, 0.2) is 0 Å². The Bertz CT molecular complexity index is 509. The molecule has 1 aliphatic rings. The minimum absolute atomic E-state index is 0.202. The first kappa shape index (κ1) is 12.4. The summed E-state index contributed by atoms with van der Waals surface area (Å²) in [5.74, 6) is -1.78. The number of carbonyl (C=O) groups excluding carboxylic acids is 1. The summed E-state index contributed by atoms with van der Waals surface area (Å²) in [4.78, 5) is 22.7. The van der Waals surface area contributed by atoms with E-state index in [2.05, 4.69) is 5.32 Å².